The van der Waals surface area contributed by atoms with Gasteiger partial charge >= 0.3 is 0 Å². The zero-order valence-electron chi connectivity index (χ0n) is 22.2. The highest BCUT2D eigenvalue weighted by Gasteiger charge is 2.54. The van der Waals surface area contributed by atoms with E-state index in [9.17, 15) is 14.7 Å². The number of aromatic nitrogens is 1. The third-order valence-electron chi connectivity index (χ3n) is 9.03. The fraction of sp³-hybridized carbons (Fsp3) is 0.533. The molecule has 0 saturated heterocycles. The first-order chi connectivity index (χ1) is 17.6. The van der Waals surface area contributed by atoms with Gasteiger partial charge in [0.15, 0.2) is 0 Å². The molecule has 7 heteroatoms. The van der Waals surface area contributed by atoms with Crippen molar-refractivity contribution in [1.82, 2.24) is 15.2 Å². The Balaban J connectivity index is 1.44. The van der Waals surface area contributed by atoms with E-state index in [4.69, 9.17) is 5.26 Å². The number of amides is 2. The number of hydrogen-bond acceptors (Lipinski definition) is 5. The van der Waals surface area contributed by atoms with E-state index in [2.05, 4.69) is 30.2 Å². The zero-order valence-corrected chi connectivity index (χ0v) is 22.2. The summed E-state index contributed by atoms with van der Waals surface area (Å²) in [7, 11) is 1.81. The summed E-state index contributed by atoms with van der Waals surface area (Å²) < 4.78 is 0. The van der Waals surface area contributed by atoms with Gasteiger partial charge in [-0.15, -0.1) is 0 Å². The SMILES string of the molecule is C[C@H]1[C@@H]2[C@@H](O)[C@H]([C@H](C)C(=O)N(C)Cc3cccnc3)CC[C@@]2(C)CC[C@@H]1NC(=O)c1ccc(C#N)cc1. The van der Waals surface area contributed by atoms with E-state index in [-0.39, 0.29) is 46.9 Å². The van der Waals surface area contributed by atoms with E-state index in [0.29, 0.717) is 17.7 Å². The van der Waals surface area contributed by atoms with Crippen LogP contribution in [0.15, 0.2) is 48.8 Å². The van der Waals surface area contributed by atoms with Gasteiger partial charge in [-0.25, -0.2) is 0 Å². The average Bonchev–Trinajstić information content (AvgIpc) is 2.90. The van der Waals surface area contributed by atoms with Gasteiger partial charge in [-0.05, 0) is 84.7 Å². The van der Waals surface area contributed by atoms with Gasteiger partial charge in [-0.3, -0.25) is 14.6 Å². The molecule has 2 amide bonds. The van der Waals surface area contributed by atoms with Crippen LogP contribution in [0.2, 0.25) is 0 Å². The van der Waals surface area contributed by atoms with Crippen LogP contribution in [-0.4, -0.2) is 46.0 Å². The maximum Gasteiger partial charge on any atom is 0.251 e. The van der Waals surface area contributed by atoms with Gasteiger partial charge in [0, 0.05) is 43.5 Å². The van der Waals surface area contributed by atoms with E-state index in [1.54, 1.807) is 41.6 Å². The Labute approximate surface area is 219 Å². The molecule has 7 nitrogen and oxygen atoms in total. The lowest BCUT2D eigenvalue weighted by atomic mass is 9.51. The minimum atomic E-state index is -0.617. The normalized spacial score (nSPS) is 29.9. The van der Waals surface area contributed by atoms with Gasteiger partial charge < -0.3 is 15.3 Å². The van der Waals surface area contributed by atoms with E-state index >= 15 is 0 Å². The molecule has 1 aromatic carbocycles. The number of nitrogens with zero attached hydrogens (tertiary/aromatic N) is 3. The second kappa shape index (κ2) is 11.0. The Kier molecular flexibility index (Phi) is 7.99. The van der Waals surface area contributed by atoms with Crippen molar-refractivity contribution >= 4 is 11.8 Å². The average molecular weight is 503 g/mol. The summed E-state index contributed by atoms with van der Waals surface area (Å²) in [6, 6.07) is 12.5. The van der Waals surface area contributed by atoms with Crippen molar-refractivity contribution in [3.63, 3.8) is 0 Å². The highest BCUT2D eigenvalue weighted by Crippen LogP contribution is 2.55. The molecule has 7 atom stereocenters. The van der Waals surface area contributed by atoms with Crippen molar-refractivity contribution in [3.05, 3.63) is 65.5 Å². The maximum absolute atomic E-state index is 13.3. The van der Waals surface area contributed by atoms with Crippen LogP contribution in [-0.2, 0) is 11.3 Å². The predicted octanol–water partition coefficient (Wildman–Crippen LogP) is 4.17. The number of nitriles is 1. The largest absolute Gasteiger partial charge is 0.392 e. The summed E-state index contributed by atoms with van der Waals surface area (Å²) in [5.74, 6) is -0.503. The van der Waals surface area contributed by atoms with Gasteiger partial charge in [-0.1, -0.05) is 26.8 Å². The highest BCUT2D eigenvalue weighted by atomic mass is 16.3. The molecule has 2 aromatic rings. The van der Waals surface area contributed by atoms with Gasteiger partial charge in [0.25, 0.3) is 5.91 Å². The Morgan fingerprint density at radius 3 is 2.59 bits per heavy atom. The van der Waals surface area contributed by atoms with Crippen LogP contribution in [0.1, 0.15) is 67.9 Å². The Morgan fingerprint density at radius 1 is 1.24 bits per heavy atom. The molecule has 2 aliphatic rings. The van der Waals surface area contributed by atoms with Crippen LogP contribution in [0, 0.1) is 40.4 Å². The number of aliphatic hydroxyl groups excluding tert-OH is 1. The summed E-state index contributed by atoms with van der Waals surface area (Å²) >= 11 is 0. The van der Waals surface area contributed by atoms with Gasteiger partial charge in [0.05, 0.1) is 17.7 Å². The monoisotopic (exact) mass is 502 g/mol. The quantitative estimate of drug-likeness (QED) is 0.617. The van der Waals surface area contributed by atoms with Gasteiger partial charge in [0.2, 0.25) is 5.91 Å². The fourth-order valence-electron chi connectivity index (χ4n) is 6.82. The van der Waals surface area contributed by atoms with Crippen molar-refractivity contribution in [2.24, 2.45) is 29.1 Å². The molecule has 0 unspecified atom stereocenters. The summed E-state index contributed by atoms with van der Waals surface area (Å²) in [5, 5.41) is 23.9. The Bertz CT molecular complexity index is 1150. The third-order valence-corrected chi connectivity index (χ3v) is 9.03. The number of hydrogen-bond donors (Lipinski definition) is 2. The second-order valence-corrected chi connectivity index (χ2v) is 11.4. The number of pyridine rings is 1. The minimum Gasteiger partial charge on any atom is -0.392 e. The topological polar surface area (TPSA) is 106 Å². The first-order valence-corrected chi connectivity index (χ1v) is 13.3. The van der Waals surface area contributed by atoms with Crippen LogP contribution < -0.4 is 5.32 Å². The zero-order chi connectivity index (χ0) is 26.7. The lowest BCUT2D eigenvalue weighted by molar-refractivity contribution is -0.149. The van der Waals surface area contributed by atoms with Crippen LogP contribution in [0.5, 0.6) is 0 Å². The summed E-state index contributed by atoms with van der Waals surface area (Å²) in [5.41, 5.74) is 2.00. The third kappa shape index (κ3) is 5.55. The number of carbonyl (C=O) groups is 2. The Morgan fingerprint density at radius 2 is 1.95 bits per heavy atom. The second-order valence-electron chi connectivity index (χ2n) is 11.4. The number of fused-ring (bicyclic) bond motifs is 1. The number of aliphatic hydroxyl groups is 1. The van der Waals surface area contributed by atoms with Crippen molar-refractivity contribution in [2.75, 3.05) is 7.05 Å². The smallest absolute Gasteiger partial charge is 0.251 e. The lowest BCUT2D eigenvalue weighted by Crippen LogP contribution is -2.58. The van der Waals surface area contributed by atoms with Crippen molar-refractivity contribution in [1.29, 1.82) is 5.26 Å². The predicted molar refractivity (Wildman–Crippen MR) is 141 cm³/mol. The lowest BCUT2D eigenvalue weighted by Gasteiger charge is -2.56. The molecular formula is C30H38N4O3. The molecule has 0 spiro atoms. The summed E-state index contributed by atoms with van der Waals surface area (Å²) in [6.45, 7) is 6.81. The molecular weight excluding hydrogens is 464 g/mol. The molecule has 1 aromatic heterocycles. The first-order valence-electron chi connectivity index (χ1n) is 13.3. The number of rotatable bonds is 6. The molecule has 2 N–H and O–H groups in total. The number of benzene rings is 1. The molecule has 196 valence electrons. The highest BCUT2D eigenvalue weighted by molar-refractivity contribution is 5.94. The van der Waals surface area contributed by atoms with E-state index in [0.717, 1.165) is 31.2 Å². The minimum absolute atomic E-state index is 0.00913. The summed E-state index contributed by atoms with van der Waals surface area (Å²) in [6.07, 6.45) is 6.43. The van der Waals surface area contributed by atoms with E-state index in [1.165, 1.54) is 0 Å². The number of nitrogens with one attached hydrogen (secondary N) is 1. The molecule has 37 heavy (non-hydrogen) atoms. The first kappa shape index (κ1) is 26.8. The van der Waals surface area contributed by atoms with Crippen molar-refractivity contribution in [2.45, 2.75) is 65.1 Å². The van der Waals surface area contributed by atoms with Crippen LogP contribution in [0.3, 0.4) is 0 Å². The van der Waals surface area contributed by atoms with Gasteiger partial charge in [0.1, 0.15) is 0 Å². The summed E-state index contributed by atoms with van der Waals surface area (Å²) in [4.78, 5) is 32.2. The molecule has 4 rings (SSSR count). The molecule has 0 radical (unpaired) electrons. The van der Waals surface area contributed by atoms with E-state index < -0.39 is 6.10 Å². The molecule has 2 saturated carbocycles. The molecule has 2 fully saturated rings. The maximum atomic E-state index is 13.3. The fourth-order valence-corrected chi connectivity index (χ4v) is 6.82. The van der Waals surface area contributed by atoms with Crippen molar-refractivity contribution < 1.29 is 14.7 Å². The van der Waals surface area contributed by atoms with Crippen molar-refractivity contribution in [3.8, 4) is 6.07 Å². The molecule has 0 aliphatic heterocycles. The van der Waals surface area contributed by atoms with Gasteiger partial charge in [-0.2, -0.15) is 5.26 Å². The van der Waals surface area contributed by atoms with Crippen LogP contribution in [0.4, 0.5) is 0 Å². The molecule has 0 bridgehead atoms. The van der Waals surface area contributed by atoms with Crippen LogP contribution >= 0.6 is 0 Å². The van der Waals surface area contributed by atoms with E-state index in [1.807, 2.05) is 26.1 Å². The standard InChI is InChI=1S/C30H38N4O3/c1-19(29(37)34(4)18-22-6-5-15-32-17-22)24-11-13-30(3)14-12-25(20(2)26(30)27(24)35)33-28(36)23-9-7-21(16-31)8-10-23/h5-10,15,17,19-20,24-27,35H,11-14,18H2,1-4H3,(H,33,36)/t19-,20+,24-,25-,26+,27-,30-/m0/s1. The van der Waals surface area contributed by atoms with Crippen LogP contribution in [0.25, 0.3) is 0 Å². The number of carbonyl (C=O) groups excluding carboxylic acids is 2. The molecule has 1 heterocycles. The molecule has 2 aliphatic carbocycles. The Hall–Kier alpha value is -3.24.